The number of aliphatic carboxylic acids is 1. The van der Waals surface area contributed by atoms with Crippen LogP contribution in [0.5, 0.6) is 0 Å². The van der Waals surface area contributed by atoms with Crippen LogP contribution in [0.15, 0.2) is 0 Å². The number of carboxylic acid groups (broad SMARTS) is 1. The summed E-state index contributed by atoms with van der Waals surface area (Å²) in [5.41, 5.74) is 0. The predicted molar refractivity (Wildman–Crippen MR) is 49.3 cm³/mol. The first-order valence-corrected chi connectivity index (χ1v) is 4.56. The molecule has 0 aliphatic heterocycles. The molecule has 0 fully saturated rings. The summed E-state index contributed by atoms with van der Waals surface area (Å²) in [6.07, 6.45) is 1.66. The van der Waals surface area contributed by atoms with E-state index < -0.39 is 17.8 Å². The fraction of sp³-hybridized carbons (Fsp3) is 0.778. The fourth-order valence-electron chi connectivity index (χ4n) is 0.931. The van der Waals surface area contributed by atoms with Crippen LogP contribution in [0.3, 0.4) is 0 Å². The highest BCUT2D eigenvalue weighted by Gasteiger charge is 2.21. The lowest BCUT2D eigenvalue weighted by Crippen LogP contribution is -2.39. The highest BCUT2D eigenvalue weighted by atomic mass is 16.4. The zero-order chi connectivity index (χ0) is 10.4. The molecule has 0 aromatic rings. The minimum absolute atomic E-state index is 0.0919. The lowest BCUT2D eigenvalue weighted by molar-refractivity contribution is -0.146. The molecule has 0 aliphatic rings. The quantitative estimate of drug-likeness (QED) is 0.631. The van der Waals surface area contributed by atoms with Gasteiger partial charge in [-0.25, -0.2) is 0 Å². The topological polar surface area (TPSA) is 66.4 Å². The minimum atomic E-state index is -1.08. The molecule has 0 spiro atoms. The van der Waals surface area contributed by atoms with Gasteiger partial charge >= 0.3 is 5.97 Å². The highest BCUT2D eigenvalue weighted by molar-refractivity contribution is 5.96. The molecule has 0 bridgehead atoms. The van der Waals surface area contributed by atoms with Gasteiger partial charge in [0.05, 0.1) is 0 Å². The Labute approximate surface area is 78.3 Å². The van der Waals surface area contributed by atoms with Crippen LogP contribution in [0.2, 0.25) is 0 Å². The van der Waals surface area contributed by atoms with Gasteiger partial charge in [-0.15, -0.1) is 0 Å². The lowest BCUT2D eigenvalue weighted by Gasteiger charge is -2.16. The number of carbonyl (C=O) groups excluding carboxylic acids is 1. The maximum atomic E-state index is 11.2. The van der Waals surface area contributed by atoms with Crippen molar-refractivity contribution in [1.29, 1.82) is 0 Å². The van der Waals surface area contributed by atoms with Crippen molar-refractivity contribution in [3.8, 4) is 0 Å². The van der Waals surface area contributed by atoms with Crippen LogP contribution in [-0.2, 0) is 9.59 Å². The molecule has 0 aliphatic carbocycles. The SMILES string of the molecule is CCC(CC)NC(=O)C(C)C(=O)O. The number of carbonyl (C=O) groups is 2. The Hall–Kier alpha value is -1.06. The van der Waals surface area contributed by atoms with Crippen LogP contribution in [0.1, 0.15) is 33.6 Å². The monoisotopic (exact) mass is 187 g/mol. The Bertz CT molecular complexity index is 187. The molecule has 0 heterocycles. The molecule has 0 saturated heterocycles. The largest absolute Gasteiger partial charge is 0.481 e. The van der Waals surface area contributed by atoms with Gasteiger partial charge in [-0.2, -0.15) is 0 Å². The van der Waals surface area contributed by atoms with Crippen LogP contribution < -0.4 is 5.32 Å². The van der Waals surface area contributed by atoms with Crippen LogP contribution in [0.4, 0.5) is 0 Å². The average molecular weight is 187 g/mol. The first-order chi connectivity index (χ1) is 6.02. The number of carboxylic acids is 1. The van der Waals surface area contributed by atoms with E-state index in [1.54, 1.807) is 0 Å². The first-order valence-electron chi connectivity index (χ1n) is 4.56. The Balaban J connectivity index is 4.05. The molecular formula is C9H17NO3. The third-order valence-electron chi connectivity index (χ3n) is 2.10. The van der Waals surface area contributed by atoms with E-state index in [4.69, 9.17) is 5.11 Å². The van der Waals surface area contributed by atoms with Crippen molar-refractivity contribution in [1.82, 2.24) is 5.32 Å². The second-order valence-corrected chi connectivity index (χ2v) is 3.08. The molecule has 0 radical (unpaired) electrons. The van der Waals surface area contributed by atoms with Gasteiger partial charge in [0.2, 0.25) is 5.91 Å². The van der Waals surface area contributed by atoms with Gasteiger partial charge in [0.25, 0.3) is 0 Å². The molecule has 13 heavy (non-hydrogen) atoms. The van der Waals surface area contributed by atoms with Gasteiger partial charge in [0.1, 0.15) is 5.92 Å². The fourth-order valence-corrected chi connectivity index (χ4v) is 0.931. The van der Waals surface area contributed by atoms with Crippen LogP contribution in [0.25, 0.3) is 0 Å². The molecule has 1 unspecified atom stereocenters. The zero-order valence-corrected chi connectivity index (χ0v) is 8.33. The van der Waals surface area contributed by atoms with Gasteiger partial charge in [-0.3, -0.25) is 9.59 Å². The molecule has 0 aromatic heterocycles. The first kappa shape index (κ1) is 11.9. The molecule has 76 valence electrons. The van der Waals surface area contributed by atoms with Gasteiger partial charge in [0, 0.05) is 6.04 Å². The number of nitrogens with one attached hydrogen (secondary N) is 1. The van der Waals surface area contributed by atoms with Crippen molar-refractivity contribution in [3.05, 3.63) is 0 Å². The second kappa shape index (κ2) is 5.56. The van der Waals surface area contributed by atoms with E-state index in [2.05, 4.69) is 5.32 Å². The van der Waals surface area contributed by atoms with E-state index in [0.717, 1.165) is 12.8 Å². The maximum Gasteiger partial charge on any atom is 0.315 e. The van der Waals surface area contributed by atoms with Crippen molar-refractivity contribution in [2.75, 3.05) is 0 Å². The summed E-state index contributed by atoms with van der Waals surface area (Å²) in [7, 11) is 0. The van der Waals surface area contributed by atoms with Crippen LogP contribution in [0, 0.1) is 5.92 Å². The van der Waals surface area contributed by atoms with E-state index in [-0.39, 0.29) is 6.04 Å². The number of rotatable bonds is 5. The molecule has 4 nitrogen and oxygen atoms in total. The highest BCUT2D eigenvalue weighted by Crippen LogP contribution is 2.00. The summed E-state index contributed by atoms with van der Waals surface area (Å²) < 4.78 is 0. The summed E-state index contributed by atoms with van der Waals surface area (Å²) >= 11 is 0. The minimum Gasteiger partial charge on any atom is -0.481 e. The van der Waals surface area contributed by atoms with E-state index in [1.807, 2.05) is 13.8 Å². The summed E-state index contributed by atoms with van der Waals surface area (Å²) in [6.45, 7) is 5.31. The van der Waals surface area contributed by atoms with Crippen molar-refractivity contribution >= 4 is 11.9 Å². The zero-order valence-electron chi connectivity index (χ0n) is 8.33. The second-order valence-electron chi connectivity index (χ2n) is 3.08. The van der Waals surface area contributed by atoms with Gasteiger partial charge in [-0.1, -0.05) is 13.8 Å². The van der Waals surface area contributed by atoms with Crippen LogP contribution >= 0.6 is 0 Å². The molecule has 0 aromatic carbocycles. The van der Waals surface area contributed by atoms with Crippen molar-refractivity contribution < 1.29 is 14.7 Å². The lowest BCUT2D eigenvalue weighted by atomic mass is 10.1. The summed E-state index contributed by atoms with van der Waals surface area (Å²) in [5.74, 6) is -2.44. The third-order valence-corrected chi connectivity index (χ3v) is 2.10. The van der Waals surface area contributed by atoms with E-state index in [9.17, 15) is 9.59 Å². The van der Waals surface area contributed by atoms with E-state index in [1.165, 1.54) is 6.92 Å². The molecule has 0 saturated carbocycles. The number of amides is 1. The summed E-state index contributed by atoms with van der Waals surface area (Å²) in [4.78, 5) is 21.7. The van der Waals surface area contributed by atoms with Crippen molar-refractivity contribution in [3.63, 3.8) is 0 Å². The average Bonchev–Trinajstić information content (AvgIpc) is 2.12. The number of hydrogen-bond donors (Lipinski definition) is 2. The molecule has 1 atom stereocenters. The van der Waals surface area contributed by atoms with Gasteiger partial charge < -0.3 is 10.4 Å². The molecular weight excluding hydrogens is 170 g/mol. The summed E-state index contributed by atoms with van der Waals surface area (Å²) in [5, 5.41) is 11.2. The van der Waals surface area contributed by atoms with Gasteiger partial charge in [0.15, 0.2) is 0 Å². The Kier molecular flexibility index (Phi) is 5.11. The van der Waals surface area contributed by atoms with E-state index >= 15 is 0 Å². The molecule has 4 heteroatoms. The molecule has 1 amide bonds. The Morgan fingerprint density at radius 2 is 1.77 bits per heavy atom. The van der Waals surface area contributed by atoms with Gasteiger partial charge in [-0.05, 0) is 19.8 Å². The summed E-state index contributed by atoms with van der Waals surface area (Å²) in [6, 6.07) is 0.0919. The van der Waals surface area contributed by atoms with Crippen molar-refractivity contribution in [2.24, 2.45) is 5.92 Å². The molecule has 2 N–H and O–H groups in total. The molecule has 0 rings (SSSR count). The predicted octanol–water partition coefficient (Wildman–Crippen LogP) is 1.01. The smallest absolute Gasteiger partial charge is 0.315 e. The third kappa shape index (κ3) is 3.92. The van der Waals surface area contributed by atoms with E-state index in [0.29, 0.717) is 0 Å². The standard InChI is InChI=1S/C9H17NO3/c1-4-7(5-2)10-8(11)6(3)9(12)13/h6-7H,4-5H2,1-3H3,(H,10,11)(H,12,13). The van der Waals surface area contributed by atoms with Crippen LogP contribution in [-0.4, -0.2) is 23.0 Å². The number of hydrogen-bond acceptors (Lipinski definition) is 2. The van der Waals surface area contributed by atoms with Crippen molar-refractivity contribution in [2.45, 2.75) is 39.7 Å². The Morgan fingerprint density at radius 1 is 1.31 bits per heavy atom. The maximum absolute atomic E-state index is 11.2. The Morgan fingerprint density at radius 3 is 2.08 bits per heavy atom. The normalized spacial score (nSPS) is 12.6.